The summed E-state index contributed by atoms with van der Waals surface area (Å²) in [6, 6.07) is 11.7. The van der Waals surface area contributed by atoms with E-state index in [1.165, 1.54) is 12.7 Å². The third-order valence-electron chi connectivity index (χ3n) is 6.28. The molecule has 32 heavy (non-hydrogen) atoms. The lowest BCUT2D eigenvalue weighted by molar-refractivity contribution is -0.147. The van der Waals surface area contributed by atoms with Crippen molar-refractivity contribution in [3.63, 3.8) is 0 Å². The van der Waals surface area contributed by atoms with Crippen LogP contribution in [0.25, 0.3) is 0 Å². The Kier molecular flexibility index (Phi) is 9.69. The molecule has 1 atom stereocenters. The van der Waals surface area contributed by atoms with Crippen LogP contribution >= 0.6 is 0 Å². The molecule has 6 nitrogen and oxygen atoms in total. The van der Waals surface area contributed by atoms with Gasteiger partial charge in [-0.1, -0.05) is 30.3 Å². The van der Waals surface area contributed by atoms with E-state index in [4.69, 9.17) is 9.47 Å². The Hall–Kier alpha value is -2.41. The van der Waals surface area contributed by atoms with Crippen LogP contribution in [0.4, 0.5) is 0 Å². The Morgan fingerprint density at radius 1 is 1.03 bits per heavy atom. The van der Waals surface area contributed by atoms with Crippen molar-refractivity contribution in [3.8, 4) is 5.75 Å². The number of rotatable bonds is 12. The number of aryl methyl sites for hydroxylation is 1. The van der Waals surface area contributed by atoms with Gasteiger partial charge in [0.25, 0.3) is 0 Å². The Morgan fingerprint density at radius 3 is 2.34 bits per heavy atom. The smallest absolute Gasteiger partial charge is 0.315 e. The van der Waals surface area contributed by atoms with Crippen LogP contribution in [0.5, 0.6) is 5.75 Å². The fourth-order valence-electron chi connectivity index (χ4n) is 4.09. The van der Waals surface area contributed by atoms with Crippen molar-refractivity contribution in [1.82, 2.24) is 4.90 Å². The van der Waals surface area contributed by atoms with E-state index in [9.17, 15) is 15.0 Å². The first-order valence-corrected chi connectivity index (χ1v) is 11.0. The van der Waals surface area contributed by atoms with Crippen LogP contribution in [-0.2, 0) is 34.6 Å². The second-order valence-electron chi connectivity index (χ2n) is 8.58. The molecule has 2 aromatic carbocycles. The molecule has 0 spiro atoms. The minimum atomic E-state index is -0.819. The minimum Gasteiger partial charge on any atom is -0.496 e. The van der Waals surface area contributed by atoms with Crippen molar-refractivity contribution >= 4 is 5.97 Å². The maximum atomic E-state index is 12.7. The van der Waals surface area contributed by atoms with E-state index in [1.54, 1.807) is 19.2 Å². The van der Waals surface area contributed by atoms with Gasteiger partial charge in [0.05, 0.1) is 32.8 Å². The summed E-state index contributed by atoms with van der Waals surface area (Å²) < 4.78 is 10.4. The van der Waals surface area contributed by atoms with Crippen molar-refractivity contribution in [2.75, 3.05) is 34.4 Å². The van der Waals surface area contributed by atoms with E-state index in [-0.39, 0.29) is 19.2 Å². The standard InChI is InChI=1S/C26H37NO5/c1-19-15-20(7-10-24(19)31-4)11-14-27(3)13-6-12-26(2,25(30)32-5)23-9-8-21(17-28)22(16-23)18-29/h7-10,15-16,28-29H,6,11-14,17-18H2,1-5H3. The number of aliphatic hydroxyl groups excluding tert-OH is 2. The van der Waals surface area contributed by atoms with Gasteiger partial charge in [-0.25, -0.2) is 0 Å². The quantitative estimate of drug-likeness (QED) is 0.490. The summed E-state index contributed by atoms with van der Waals surface area (Å²) in [5.41, 5.74) is 3.68. The zero-order valence-electron chi connectivity index (χ0n) is 20.0. The van der Waals surface area contributed by atoms with Crippen LogP contribution in [0.15, 0.2) is 36.4 Å². The van der Waals surface area contributed by atoms with Crippen molar-refractivity contribution in [2.45, 2.75) is 51.7 Å². The molecule has 0 radical (unpaired) electrons. The predicted octanol–water partition coefficient (Wildman–Crippen LogP) is 3.37. The first-order chi connectivity index (χ1) is 15.3. The van der Waals surface area contributed by atoms with Crippen LogP contribution in [0, 0.1) is 6.92 Å². The molecule has 2 N–H and O–H groups in total. The van der Waals surface area contributed by atoms with Crippen molar-refractivity contribution in [3.05, 3.63) is 64.2 Å². The van der Waals surface area contributed by atoms with Gasteiger partial charge in [-0.2, -0.15) is 0 Å². The van der Waals surface area contributed by atoms with Gasteiger partial charge in [0.15, 0.2) is 0 Å². The minimum absolute atomic E-state index is 0.149. The predicted molar refractivity (Wildman–Crippen MR) is 126 cm³/mol. The summed E-state index contributed by atoms with van der Waals surface area (Å²) in [6.45, 7) is 5.37. The van der Waals surface area contributed by atoms with Crippen LogP contribution < -0.4 is 4.74 Å². The zero-order valence-corrected chi connectivity index (χ0v) is 20.0. The molecule has 6 heteroatoms. The molecule has 2 rings (SSSR count). The molecule has 0 saturated heterocycles. The number of methoxy groups -OCH3 is 2. The maximum Gasteiger partial charge on any atom is 0.315 e. The zero-order chi connectivity index (χ0) is 23.7. The Labute approximate surface area is 191 Å². The molecule has 0 amide bonds. The van der Waals surface area contributed by atoms with E-state index < -0.39 is 5.41 Å². The average molecular weight is 444 g/mol. The van der Waals surface area contributed by atoms with Gasteiger partial charge in [0, 0.05) is 6.54 Å². The summed E-state index contributed by atoms with van der Waals surface area (Å²) >= 11 is 0. The molecule has 0 bridgehead atoms. The molecular formula is C26H37NO5. The Balaban J connectivity index is 2.00. The highest BCUT2D eigenvalue weighted by molar-refractivity contribution is 5.82. The number of ether oxygens (including phenoxy) is 2. The van der Waals surface area contributed by atoms with Crippen LogP contribution in [0.2, 0.25) is 0 Å². The van der Waals surface area contributed by atoms with Crippen molar-refractivity contribution in [1.29, 1.82) is 0 Å². The summed E-state index contributed by atoms with van der Waals surface area (Å²) in [5.74, 6) is 0.607. The molecule has 0 aliphatic heterocycles. The molecule has 0 fully saturated rings. The fourth-order valence-corrected chi connectivity index (χ4v) is 4.09. The molecule has 0 aliphatic carbocycles. The number of hydrogen-bond donors (Lipinski definition) is 2. The van der Waals surface area contributed by atoms with Gasteiger partial charge >= 0.3 is 5.97 Å². The molecule has 1 unspecified atom stereocenters. The lowest BCUT2D eigenvalue weighted by atomic mass is 9.77. The molecule has 0 aliphatic rings. The van der Waals surface area contributed by atoms with Crippen LogP contribution in [0.3, 0.4) is 0 Å². The molecule has 2 aromatic rings. The summed E-state index contributed by atoms with van der Waals surface area (Å²) in [4.78, 5) is 15.0. The van der Waals surface area contributed by atoms with Crippen molar-refractivity contribution in [2.24, 2.45) is 0 Å². The lowest BCUT2D eigenvalue weighted by Crippen LogP contribution is -2.35. The summed E-state index contributed by atoms with van der Waals surface area (Å²) in [6.07, 6.45) is 2.38. The third-order valence-corrected chi connectivity index (χ3v) is 6.28. The van der Waals surface area contributed by atoms with Crippen LogP contribution in [-0.4, -0.2) is 55.4 Å². The fraction of sp³-hybridized carbons (Fsp3) is 0.500. The average Bonchev–Trinajstić information content (AvgIpc) is 2.81. The monoisotopic (exact) mass is 443 g/mol. The topological polar surface area (TPSA) is 79.2 Å². The van der Waals surface area contributed by atoms with E-state index in [0.29, 0.717) is 17.5 Å². The number of carbonyl (C=O) groups excluding carboxylic acids is 1. The maximum absolute atomic E-state index is 12.7. The van der Waals surface area contributed by atoms with Gasteiger partial charge in [-0.15, -0.1) is 0 Å². The second kappa shape index (κ2) is 12.0. The van der Waals surface area contributed by atoms with Gasteiger partial charge in [-0.3, -0.25) is 4.79 Å². The first kappa shape index (κ1) is 25.8. The molecular weight excluding hydrogens is 406 g/mol. The van der Waals surface area contributed by atoms with Gasteiger partial charge in [-0.05, 0) is 80.6 Å². The largest absolute Gasteiger partial charge is 0.496 e. The number of likely N-dealkylation sites (N-methyl/N-ethyl adjacent to an activating group) is 1. The van der Waals surface area contributed by atoms with E-state index in [2.05, 4.69) is 31.0 Å². The van der Waals surface area contributed by atoms with Crippen LogP contribution in [0.1, 0.15) is 47.6 Å². The highest BCUT2D eigenvalue weighted by atomic mass is 16.5. The van der Waals surface area contributed by atoms with E-state index >= 15 is 0 Å². The van der Waals surface area contributed by atoms with Gasteiger partial charge in [0.1, 0.15) is 5.75 Å². The summed E-state index contributed by atoms with van der Waals surface area (Å²) in [7, 11) is 5.17. The third kappa shape index (κ3) is 6.31. The molecule has 176 valence electrons. The Bertz CT molecular complexity index is 898. The molecule has 0 saturated carbocycles. The Morgan fingerprint density at radius 2 is 1.75 bits per heavy atom. The number of carbonyl (C=O) groups is 1. The first-order valence-electron chi connectivity index (χ1n) is 11.0. The highest BCUT2D eigenvalue weighted by Crippen LogP contribution is 2.32. The normalized spacial score (nSPS) is 13.1. The SMILES string of the molecule is COC(=O)C(C)(CCCN(C)CCc1ccc(OC)c(C)c1)c1ccc(CO)c(CO)c1. The van der Waals surface area contributed by atoms with E-state index in [1.807, 2.05) is 19.1 Å². The van der Waals surface area contributed by atoms with Gasteiger partial charge in [0.2, 0.25) is 0 Å². The number of hydrogen-bond acceptors (Lipinski definition) is 6. The van der Waals surface area contributed by atoms with Crippen molar-refractivity contribution < 1.29 is 24.5 Å². The highest BCUT2D eigenvalue weighted by Gasteiger charge is 2.36. The molecule has 0 aromatic heterocycles. The number of nitrogens with zero attached hydrogens (tertiary/aromatic N) is 1. The molecule has 0 heterocycles. The lowest BCUT2D eigenvalue weighted by Gasteiger charge is -2.29. The number of aliphatic hydroxyl groups is 2. The number of benzene rings is 2. The van der Waals surface area contributed by atoms with E-state index in [0.717, 1.165) is 42.8 Å². The number of esters is 1. The second-order valence-corrected chi connectivity index (χ2v) is 8.58. The summed E-state index contributed by atoms with van der Waals surface area (Å²) in [5, 5.41) is 19.1. The van der Waals surface area contributed by atoms with Gasteiger partial charge < -0.3 is 24.6 Å².